The van der Waals surface area contributed by atoms with Gasteiger partial charge in [-0.05, 0) is 63.9 Å². The highest BCUT2D eigenvalue weighted by molar-refractivity contribution is 7.18. The van der Waals surface area contributed by atoms with Crippen molar-refractivity contribution in [2.45, 2.75) is 45.3 Å². The molecule has 3 rings (SSSR count). The number of hydrogen-bond donors (Lipinski definition) is 4. The molecule has 0 radical (unpaired) electrons. The zero-order valence-electron chi connectivity index (χ0n) is 23.8. The summed E-state index contributed by atoms with van der Waals surface area (Å²) in [7, 11) is 0. The van der Waals surface area contributed by atoms with Gasteiger partial charge in [0, 0.05) is 30.6 Å². The Morgan fingerprint density at radius 1 is 1.12 bits per heavy atom. The lowest BCUT2D eigenvalue weighted by molar-refractivity contribution is 0.0319. The predicted molar refractivity (Wildman–Crippen MR) is 156 cm³/mol. The average molecular weight is 594 g/mol. The Kier molecular flexibility index (Phi) is 12.3. The number of carbonyl (C=O) groups is 3. The molecule has 226 valence electrons. The molecule has 11 nitrogen and oxygen atoms in total. The second kappa shape index (κ2) is 15.7. The van der Waals surface area contributed by atoms with E-state index in [4.69, 9.17) is 19.9 Å². The number of rotatable bonds is 13. The summed E-state index contributed by atoms with van der Waals surface area (Å²) in [5.74, 6) is -0.708. The zero-order valence-corrected chi connectivity index (χ0v) is 24.6. The number of piperidine rings is 1. The number of urea groups is 1. The molecule has 1 aromatic heterocycles. The lowest BCUT2D eigenvalue weighted by atomic mass is 10.1. The highest BCUT2D eigenvalue weighted by Crippen LogP contribution is 2.35. The third-order valence-electron chi connectivity index (χ3n) is 5.98. The van der Waals surface area contributed by atoms with Crippen LogP contribution in [-0.2, 0) is 14.2 Å². The van der Waals surface area contributed by atoms with Crippen molar-refractivity contribution in [3.8, 4) is 10.4 Å². The third-order valence-corrected chi connectivity index (χ3v) is 7.17. The first kappa shape index (κ1) is 32.3. The van der Waals surface area contributed by atoms with Gasteiger partial charge in [0.2, 0.25) is 0 Å². The molecule has 2 aromatic rings. The van der Waals surface area contributed by atoms with Gasteiger partial charge in [0.15, 0.2) is 0 Å². The second-order valence-electron chi connectivity index (χ2n) is 10.6. The summed E-state index contributed by atoms with van der Waals surface area (Å²) in [5.41, 5.74) is 5.68. The molecule has 2 heterocycles. The minimum atomic E-state index is -0.783. The largest absolute Gasteiger partial charge is 0.444 e. The molecule has 1 aliphatic rings. The van der Waals surface area contributed by atoms with Gasteiger partial charge in [0.25, 0.3) is 5.91 Å². The average Bonchev–Trinajstić information content (AvgIpc) is 3.30. The van der Waals surface area contributed by atoms with Crippen LogP contribution < -0.4 is 21.7 Å². The molecular formula is C28H40FN5O6S. The molecule has 0 saturated carbocycles. The minimum Gasteiger partial charge on any atom is -0.444 e. The van der Waals surface area contributed by atoms with E-state index in [0.717, 1.165) is 19.4 Å². The number of ether oxygens (including phenoxy) is 3. The number of anilines is 1. The molecule has 41 heavy (non-hydrogen) atoms. The number of hydrogen-bond acceptors (Lipinski definition) is 8. The first-order chi connectivity index (χ1) is 19.5. The molecule has 1 aliphatic heterocycles. The fraction of sp³-hybridized carbons (Fsp3) is 0.536. The van der Waals surface area contributed by atoms with Crippen LogP contribution in [0, 0.1) is 5.82 Å². The lowest BCUT2D eigenvalue weighted by Crippen LogP contribution is -2.48. The van der Waals surface area contributed by atoms with E-state index in [1.54, 1.807) is 39.0 Å². The van der Waals surface area contributed by atoms with Crippen molar-refractivity contribution in [2.75, 3.05) is 57.9 Å². The first-order valence-corrected chi connectivity index (χ1v) is 14.4. The maximum Gasteiger partial charge on any atom is 0.407 e. The van der Waals surface area contributed by atoms with Crippen LogP contribution in [-0.4, -0.2) is 87.2 Å². The summed E-state index contributed by atoms with van der Waals surface area (Å²) in [4.78, 5) is 39.5. The van der Waals surface area contributed by atoms with E-state index < -0.39 is 23.5 Å². The Balaban J connectivity index is 1.38. The summed E-state index contributed by atoms with van der Waals surface area (Å²) in [6.45, 7) is 9.78. The van der Waals surface area contributed by atoms with Gasteiger partial charge in [-0.15, -0.1) is 11.3 Å². The van der Waals surface area contributed by atoms with Gasteiger partial charge in [-0.2, -0.15) is 0 Å². The maximum atomic E-state index is 13.7. The van der Waals surface area contributed by atoms with Crippen LogP contribution in [0.1, 0.15) is 43.3 Å². The minimum absolute atomic E-state index is 0.0711. The van der Waals surface area contributed by atoms with Crippen molar-refractivity contribution in [1.29, 1.82) is 0 Å². The molecule has 0 aliphatic carbocycles. The second-order valence-corrected chi connectivity index (χ2v) is 11.7. The molecule has 4 amide bonds. The van der Waals surface area contributed by atoms with Crippen LogP contribution in [0.2, 0.25) is 0 Å². The number of thiophene rings is 1. The van der Waals surface area contributed by atoms with Crippen LogP contribution in [0.4, 0.5) is 19.7 Å². The normalized spacial score (nSPS) is 15.8. The maximum absolute atomic E-state index is 13.7. The molecule has 0 bridgehead atoms. The van der Waals surface area contributed by atoms with Crippen molar-refractivity contribution < 1.29 is 33.0 Å². The van der Waals surface area contributed by atoms with Crippen LogP contribution in [0.3, 0.4) is 0 Å². The number of nitrogens with two attached hydrogens (primary N) is 1. The Bertz CT molecular complexity index is 1170. The van der Waals surface area contributed by atoms with Crippen LogP contribution in [0.5, 0.6) is 0 Å². The van der Waals surface area contributed by atoms with Gasteiger partial charge in [-0.1, -0.05) is 12.1 Å². The van der Waals surface area contributed by atoms with Gasteiger partial charge < -0.3 is 35.9 Å². The van der Waals surface area contributed by atoms with E-state index in [9.17, 15) is 18.8 Å². The van der Waals surface area contributed by atoms with Crippen molar-refractivity contribution >= 4 is 35.1 Å². The zero-order chi connectivity index (χ0) is 29.8. The number of nitrogens with one attached hydrogen (secondary N) is 3. The highest BCUT2D eigenvalue weighted by atomic mass is 32.1. The molecule has 1 saturated heterocycles. The van der Waals surface area contributed by atoms with Gasteiger partial charge in [-0.25, -0.2) is 14.0 Å². The number of primary amides is 1. The SMILES string of the molecule is CC(C)(C)OC(=O)NCCOCCOCCN1CCC[C@H](NC(=O)c2sc(-c3cccc(F)c3)cc2NC(N)=O)C1. The van der Waals surface area contributed by atoms with Gasteiger partial charge >= 0.3 is 12.1 Å². The van der Waals surface area contributed by atoms with Crippen molar-refractivity contribution in [1.82, 2.24) is 15.5 Å². The molecule has 1 aromatic carbocycles. The van der Waals surface area contributed by atoms with E-state index in [2.05, 4.69) is 20.9 Å². The summed E-state index contributed by atoms with van der Waals surface area (Å²) >= 11 is 1.17. The number of amides is 4. The molecule has 1 fully saturated rings. The Labute approximate surface area is 243 Å². The monoisotopic (exact) mass is 593 g/mol. The van der Waals surface area contributed by atoms with Gasteiger partial charge in [-0.3, -0.25) is 9.69 Å². The van der Waals surface area contributed by atoms with E-state index in [-0.39, 0.29) is 11.9 Å². The van der Waals surface area contributed by atoms with Gasteiger partial charge in [0.05, 0.1) is 32.1 Å². The number of benzene rings is 1. The molecular weight excluding hydrogens is 553 g/mol. The van der Waals surface area contributed by atoms with Crippen LogP contribution in [0.25, 0.3) is 10.4 Å². The van der Waals surface area contributed by atoms with Crippen LogP contribution in [0.15, 0.2) is 30.3 Å². The number of nitrogens with zero attached hydrogens (tertiary/aromatic N) is 1. The molecule has 0 spiro atoms. The molecule has 1 atom stereocenters. The molecule has 5 N–H and O–H groups in total. The van der Waals surface area contributed by atoms with E-state index in [0.29, 0.717) is 67.1 Å². The first-order valence-electron chi connectivity index (χ1n) is 13.6. The highest BCUT2D eigenvalue weighted by Gasteiger charge is 2.25. The number of carbonyl (C=O) groups excluding carboxylic acids is 3. The summed E-state index contributed by atoms with van der Waals surface area (Å²) < 4.78 is 30.0. The molecule has 0 unspecified atom stereocenters. The van der Waals surface area contributed by atoms with Crippen LogP contribution >= 0.6 is 11.3 Å². The summed E-state index contributed by atoms with van der Waals surface area (Å²) in [6.07, 6.45) is 1.28. The molecule has 13 heteroatoms. The Morgan fingerprint density at radius 2 is 1.88 bits per heavy atom. The smallest absolute Gasteiger partial charge is 0.407 e. The summed E-state index contributed by atoms with van der Waals surface area (Å²) in [6, 6.07) is 6.82. The van der Waals surface area contributed by atoms with Crippen molar-refractivity contribution in [2.24, 2.45) is 5.73 Å². The lowest BCUT2D eigenvalue weighted by Gasteiger charge is -2.33. The number of likely N-dealkylation sites (tertiary alicyclic amines) is 1. The topological polar surface area (TPSA) is 144 Å². The fourth-order valence-corrected chi connectivity index (χ4v) is 5.26. The van der Waals surface area contributed by atoms with E-state index in [1.165, 1.54) is 23.5 Å². The van der Waals surface area contributed by atoms with E-state index >= 15 is 0 Å². The van der Waals surface area contributed by atoms with E-state index in [1.807, 2.05) is 0 Å². The summed E-state index contributed by atoms with van der Waals surface area (Å²) in [5, 5.41) is 8.21. The van der Waals surface area contributed by atoms with Crippen molar-refractivity contribution in [3.63, 3.8) is 0 Å². The standard InChI is InChI=1S/C28H40FN5O6S/c1-28(2,3)40-27(37)31-9-12-38-14-15-39-13-11-34-10-5-8-21(18-34)32-25(35)24-22(33-26(30)36)17-23(41-24)19-6-4-7-20(29)16-19/h4,6-7,16-17,21H,5,8-15,18H2,1-3H3,(H,31,37)(H,32,35)(H3,30,33,36)/t21-/m0/s1. The number of halogens is 1. The Morgan fingerprint density at radius 3 is 2.59 bits per heavy atom. The Hall–Kier alpha value is -3.26. The predicted octanol–water partition coefficient (Wildman–Crippen LogP) is 3.80. The van der Waals surface area contributed by atoms with Gasteiger partial charge in [0.1, 0.15) is 16.3 Å². The number of alkyl carbamates (subject to hydrolysis) is 1. The van der Waals surface area contributed by atoms with Crippen molar-refractivity contribution in [3.05, 3.63) is 41.0 Å². The third kappa shape index (κ3) is 11.6. The fourth-order valence-electron chi connectivity index (χ4n) is 4.25. The quantitative estimate of drug-likeness (QED) is 0.259.